The zero-order chi connectivity index (χ0) is 13.3. The lowest BCUT2D eigenvalue weighted by atomic mass is 9.91. The summed E-state index contributed by atoms with van der Waals surface area (Å²) >= 11 is 0.793. The molecule has 0 saturated carbocycles. The van der Waals surface area contributed by atoms with Gasteiger partial charge in [0.05, 0.1) is 14.2 Å². The van der Waals surface area contributed by atoms with E-state index < -0.39 is 17.1 Å². The molecule has 0 aromatic carbocycles. The smallest absolute Gasteiger partial charge is 0.321 e. The van der Waals surface area contributed by atoms with Gasteiger partial charge in [0.2, 0.25) is 5.12 Å². The number of carbonyl (C=O) groups excluding carboxylic acids is 1. The summed E-state index contributed by atoms with van der Waals surface area (Å²) in [6, 6.07) is 0. The molecule has 18 heavy (non-hydrogen) atoms. The van der Waals surface area contributed by atoms with Gasteiger partial charge in [-0.3, -0.25) is 9.59 Å². The highest BCUT2D eigenvalue weighted by Crippen LogP contribution is 2.39. The number of thioether (sulfide) groups is 1. The second kappa shape index (κ2) is 4.89. The Morgan fingerprint density at radius 2 is 2.06 bits per heavy atom. The third kappa shape index (κ3) is 2.03. The predicted octanol–water partition coefficient (Wildman–Crippen LogP) is 1.33. The maximum Gasteiger partial charge on any atom is 0.321 e. The molecule has 2 rings (SSSR count). The van der Waals surface area contributed by atoms with Crippen molar-refractivity contribution in [1.29, 1.82) is 0 Å². The highest BCUT2D eigenvalue weighted by molar-refractivity contribution is 8.15. The molecule has 2 aliphatic rings. The topological polar surface area (TPSA) is 72.8 Å². The Morgan fingerprint density at radius 3 is 2.61 bits per heavy atom. The van der Waals surface area contributed by atoms with Gasteiger partial charge in [-0.05, 0) is 11.6 Å². The van der Waals surface area contributed by atoms with Gasteiger partial charge in [0.15, 0.2) is 11.5 Å². The van der Waals surface area contributed by atoms with E-state index in [2.05, 4.69) is 0 Å². The van der Waals surface area contributed by atoms with E-state index in [0.717, 1.165) is 11.8 Å². The molecule has 5 nitrogen and oxygen atoms in total. The fourth-order valence-electron chi connectivity index (χ4n) is 1.95. The predicted molar refractivity (Wildman–Crippen MR) is 65.8 cm³/mol. The monoisotopic (exact) mass is 268 g/mol. The number of fused-ring (bicyclic) bond motifs is 1. The summed E-state index contributed by atoms with van der Waals surface area (Å²) in [5, 5.41) is 7.88. The first kappa shape index (κ1) is 12.8. The Morgan fingerprint density at radius 1 is 1.33 bits per heavy atom. The van der Waals surface area contributed by atoms with E-state index in [1.165, 1.54) is 14.2 Å². The highest BCUT2D eigenvalue weighted by atomic mass is 32.2. The maximum atomic E-state index is 12.0. The zero-order valence-corrected chi connectivity index (χ0v) is 10.7. The van der Waals surface area contributed by atoms with Crippen molar-refractivity contribution in [3.63, 3.8) is 0 Å². The Hall–Kier alpha value is -1.69. The molecule has 2 unspecified atom stereocenters. The lowest BCUT2D eigenvalue weighted by molar-refractivity contribution is -0.135. The number of carboxylic acids is 1. The highest BCUT2D eigenvalue weighted by Gasteiger charge is 2.39. The third-order valence-electron chi connectivity index (χ3n) is 2.77. The van der Waals surface area contributed by atoms with Gasteiger partial charge in [-0.1, -0.05) is 23.9 Å². The minimum Gasteiger partial charge on any atom is -0.496 e. The van der Waals surface area contributed by atoms with Crippen LogP contribution < -0.4 is 0 Å². The quantitative estimate of drug-likeness (QED) is 0.832. The molecule has 6 heteroatoms. The number of ether oxygens (including phenoxy) is 2. The van der Waals surface area contributed by atoms with E-state index in [9.17, 15) is 9.59 Å². The Kier molecular flexibility index (Phi) is 3.47. The van der Waals surface area contributed by atoms with E-state index in [4.69, 9.17) is 14.6 Å². The van der Waals surface area contributed by atoms with Crippen molar-refractivity contribution in [2.45, 2.75) is 5.25 Å². The molecular weight excluding hydrogens is 256 g/mol. The molecule has 0 amide bonds. The molecule has 96 valence electrons. The second-order valence-electron chi connectivity index (χ2n) is 3.77. The zero-order valence-electron chi connectivity index (χ0n) is 9.88. The van der Waals surface area contributed by atoms with E-state index in [1.54, 1.807) is 18.2 Å². The standard InChI is InChI=1S/C12H12O5S/c1-16-7-4-3-6-5-8(11(13)14)18-12(15)9(6)10(7)17-2/h3-5,8-9H,1-2H3,(H,13,14). The van der Waals surface area contributed by atoms with E-state index >= 15 is 0 Å². The van der Waals surface area contributed by atoms with Crippen molar-refractivity contribution < 1.29 is 24.2 Å². The van der Waals surface area contributed by atoms with Gasteiger partial charge >= 0.3 is 5.97 Å². The second-order valence-corrected chi connectivity index (χ2v) is 4.91. The van der Waals surface area contributed by atoms with Crippen LogP contribution in [0.4, 0.5) is 0 Å². The molecule has 0 saturated heterocycles. The molecule has 0 aromatic heterocycles. The van der Waals surface area contributed by atoms with Crippen molar-refractivity contribution in [2.24, 2.45) is 5.92 Å². The van der Waals surface area contributed by atoms with Gasteiger partial charge in [0, 0.05) is 0 Å². The molecule has 1 N–H and O–H groups in total. The molecular formula is C12H12O5S. The Labute approximate surface area is 108 Å². The summed E-state index contributed by atoms with van der Waals surface area (Å²) in [6.07, 6.45) is 4.93. The van der Waals surface area contributed by atoms with Crippen LogP contribution in [-0.2, 0) is 19.1 Å². The van der Waals surface area contributed by atoms with Crippen LogP contribution in [0.25, 0.3) is 0 Å². The molecule has 1 aliphatic heterocycles. The average molecular weight is 268 g/mol. The lowest BCUT2D eigenvalue weighted by Gasteiger charge is -2.28. The molecule has 1 aliphatic carbocycles. The van der Waals surface area contributed by atoms with Gasteiger partial charge in [0.25, 0.3) is 0 Å². The summed E-state index contributed by atoms with van der Waals surface area (Å²) in [4.78, 5) is 23.0. The van der Waals surface area contributed by atoms with Crippen molar-refractivity contribution in [3.8, 4) is 0 Å². The first-order valence-corrected chi connectivity index (χ1v) is 6.11. The normalized spacial score (nSPS) is 26.6. The summed E-state index contributed by atoms with van der Waals surface area (Å²) in [7, 11) is 2.96. The average Bonchev–Trinajstić information content (AvgIpc) is 2.36. The molecule has 1 heterocycles. The SMILES string of the molecule is COC1=C(OC)C2C(=O)SC(C(=O)O)C=C2C=C1. The fourth-order valence-corrected chi connectivity index (χ4v) is 2.91. The first-order valence-electron chi connectivity index (χ1n) is 5.23. The molecule has 0 aromatic rings. The van der Waals surface area contributed by atoms with Crippen molar-refractivity contribution >= 4 is 22.8 Å². The first-order chi connectivity index (χ1) is 8.58. The lowest BCUT2D eigenvalue weighted by Crippen LogP contribution is -2.30. The van der Waals surface area contributed by atoms with Crippen LogP contribution in [0, 0.1) is 5.92 Å². The van der Waals surface area contributed by atoms with Crippen LogP contribution in [0.15, 0.2) is 35.3 Å². The Bertz CT molecular complexity index is 489. The molecule has 0 fully saturated rings. The third-order valence-corrected chi connectivity index (χ3v) is 3.83. The molecule has 0 radical (unpaired) electrons. The van der Waals surface area contributed by atoms with Crippen LogP contribution in [0.1, 0.15) is 0 Å². The van der Waals surface area contributed by atoms with Crippen LogP contribution >= 0.6 is 11.8 Å². The van der Waals surface area contributed by atoms with Gasteiger partial charge < -0.3 is 14.6 Å². The van der Waals surface area contributed by atoms with Crippen LogP contribution in [0.3, 0.4) is 0 Å². The number of rotatable bonds is 3. The summed E-state index contributed by atoms with van der Waals surface area (Å²) in [5.74, 6) is -0.682. The number of carbonyl (C=O) groups is 2. The number of methoxy groups -OCH3 is 2. The van der Waals surface area contributed by atoms with Crippen LogP contribution in [0.5, 0.6) is 0 Å². The van der Waals surface area contributed by atoms with E-state index in [0.29, 0.717) is 17.1 Å². The van der Waals surface area contributed by atoms with Crippen LogP contribution in [0.2, 0.25) is 0 Å². The minimum absolute atomic E-state index is 0.240. The van der Waals surface area contributed by atoms with E-state index in [-0.39, 0.29) is 5.12 Å². The van der Waals surface area contributed by atoms with Gasteiger partial charge in [-0.25, -0.2) is 0 Å². The molecule has 0 spiro atoms. The number of hydrogen-bond acceptors (Lipinski definition) is 5. The molecule has 2 atom stereocenters. The van der Waals surface area contributed by atoms with Crippen LogP contribution in [-0.4, -0.2) is 35.7 Å². The van der Waals surface area contributed by atoms with E-state index in [1.807, 2.05) is 0 Å². The van der Waals surface area contributed by atoms with Gasteiger partial charge in [-0.2, -0.15) is 0 Å². The fraction of sp³-hybridized carbons (Fsp3) is 0.333. The number of allylic oxidation sites excluding steroid dienone is 3. The van der Waals surface area contributed by atoms with Crippen molar-refractivity contribution in [1.82, 2.24) is 0 Å². The largest absolute Gasteiger partial charge is 0.496 e. The maximum absolute atomic E-state index is 12.0. The van der Waals surface area contributed by atoms with Gasteiger partial charge in [0.1, 0.15) is 11.2 Å². The molecule has 0 bridgehead atoms. The summed E-state index contributed by atoms with van der Waals surface area (Å²) in [5.41, 5.74) is 0.642. The number of hydrogen-bond donors (Lipinski definition) is 1. The van der Waals surface area contributed by atoms with Crippen molar-refractivity contribution in [3.05, 3.63) is 35.3 Å². The Balaban J connectivity index is 2.44. The van der Waals surface area contributed by atoms with Gasteiger partial charge in [-0.15, -0.1) is 0 Å². The summed E-state index contributed by atoms with van der Waals surface area (Å²) in [6.45, 7) is 0. The van der Waals surface area contributed by atoms with Crippen molar-refractivity contribution in [2.75, 3.05) is 14.2 Å². The minimum atomic E-state index is -1.02. The number of aliphatic carboxylic acids is 1. The summed E-state index contributed by atoms with van der Waals surface area (Å²) < 4.78 is 10.3. The number of carboxylic acid groups (broad SMARTS) is 1.